The predicted octanol–water partition coefficient (Wildman–Crippen LogP) is 4.09. The zero-order valence-electron chi connectivity index (χ0n) is 15.8. The maximum absolute atomic E-state index is 12.5. The number of anilines is 2. The Balaban J connectivity index is 1.27. The Labute approximate surface area is 168 Å². The largest absolute Gasteiger partial charge is 0.381 e. The van der Waals surface area contributed by atoms with Gasteiger partial charge in [-0.1, -0.05) is 0 Å². The first-order valence-corrected chi connectivity index (χ1v) is 10.6. The monoisotopic (exact) mass is 399 g/mol. The van der Waals surface area contributed by atoms with Gasteiger partial charge in [-0.2, -0.15) is 0 Å². The van der Waals surface area contributed by atoms with Crippen LogP contribution in [0.15, 0.2) is 35.7 Å². The number of nitrogens with zero attached hydrogens (tertiary/aromatic N) is 1. The van der Waals surface area contributed by atoms with Crippen LogP contribution < -0.4 is 10.6 Å². The van der Waals surface area contributed by atoms with E-state index in [1.54, 1.807) is 11.3 Å². The highest BCUT2D eigenvalue weighted by Crippen LogP contribution is 2.25. The Morgan fingerprint density at radius 2 is 1.79 bits per heavy atom. The molecule has 1 aromatic heterocycles. The van der Waals surface area contributed by atoms with Gasteiger partial charge in [0.15, 0.2) is 0 Å². The van der Waals surface area contributed by atoms with Gasteiger partial charge in [-0.25, -0.2) is 4.79 Å². The molecule has 3 amide bonds. The summed E-state index contributed by atoms with van der Waals surface area (Å²) in [6.07, 6.45) is 3.34. The van der Waals surface area contributed by atoms with Crippen LogP contribution in [0.1, 0.15) is 29.7 Å². The molecule has 28 heavy (non-hydrogen) atoms. The number of hydrogen-bond acceptors (Lipinski definition) is 4. The molecule has 2 aliphatic rings. The minimum Gasteiger partial charge on any atom is -0.381 e. The molecule has 0 unspecified atom stereocenters. The third kappa shape index (κ3) is 4.72. The van der Waals surface area contributed by atoms with E-state index in [0.29, 0.717) is 18.9 Å². The fourth-order valence-electron chi connectivity index (χ4n) is 3.69. The summed E-state index contributed by atoms with van der Waals surface area (Å²) in [6, 6.07) is 9.30. The lowest BCUT2D eigenvalue weighted by molar-refractivity contribution is -0.117. The Kier molecular flexibility index (Phi) is 5.92. The summed E-state index contributed by atoms with van der Waals surface area (Å²) in [4.78, 5) is 27.9. The molecule has 148 valence electrons. The van der Waals surface area contributed by atoms with Gasteiger partial charge in [-0.15, -0.1) is 11.3 Å². The van der Waals surface area contributed by atoms with Crippen molar-refractivity contribution in [2.75, 3.05) is 30.4 Å². The zero-order valence-corrected chi connectivity index (χ0v) is 16.6. The molecule has 4 rings (SSSR count). The van der Waals surface area contributed by atoms with Gasteiger partial charge < -0.3 is 20.3 Å². The van der Waals surface area contributed by atoms with Crippen molar-refractivity contribution in [2.45, 2.75) is 32.2 Å². The van der Waals surface area contributed by atoms with Gasteiger partial charge in [-0.3, -0.25) is 4.79 Å². The molecule has 1 aromatic carbocycles. The highest BCUT2D eigenvalue weighted by molar-refractivity contribution is 7.10. The quantitative estimate of drug-likeness (QED) is 0.813. The molecule has 0 saturated carbocycles. The van der Waals surface area contributed by atoms with Gasteiger partial charge in [-0.05, 0) is 66.5 Å². The minimum atomic E-state index is -0.0897. The summed E-state index contributed by atoms with van der Waals surface area (Å²) in [5.74, 6) is 0.434. The van der Waals surface area contributed by atoms with Gasteiger partial charge in [0, 0.05) is 49.0 Å². The Bertz CT molecular complexity index is 828. The number of rotatable bonds is 4. The fraction of sp³-hybridized carbons (Fsp3) is 0.429. The van der Waals surface area contributed by atoms with Crippen molar-refractivity contribution >= 4 is 34.6 Å². The van der Waals surface area contributed by atoms with E-state index in [0.717, 1.165) is 50.4 Å². The number of carbonyl (C=O) groups excluding carboxylic acids is 2. The minimum absolute atomic E-state index is 0.0311. The van der Waals surface area contributed by atoms with Crippen LogP contribution >= 0.6 is 11.3 Å². The van der Waals surface area contributed by atoms with E-state index in [2.05, 4.69) is 22.1 Å². The smallest absolute Gasteiger partial charge is 0.322 e. The van der Waals surface area contributed by atoms with Crippen molar-refractivity contribution in [3.05, 3.63) is 46.2 Å². The van der Waals surface area contributed by atoms with Gasteiger partial charge in [0.1, 0.15) is 0 Å². The number of thiophene rings is 1. The summed E-state index contributed by atoms with van der Waals surface area (Å²) in [6.45, 7) is 2.89. The van der Waals surface area contributed by atoms with Crippen LogP contribution in [0.25, 0.3) is 0 Å². The first-order valence-electron chi connectivity index (χ1n) is 9.76. The van der Waals surface area contributed by atoms with Gasteiger partial charge in [0.05, 0.1) is 0 Å². The van der Waals surface area contributed by atoms with Crippen LogP contribution in [0.2, 0.25) is 0 Å². The van der Waals surface area contributed by atoms with Crippen LogP contribution in [0.3, 0.4) is 0 Å². The lowest BCUT2D eigenvalue weighted by Crippen LogP contribution is -2.38. The topological polar surface area (TPSA) is 70.7 Å². The lowest BCUT2D eigenvalue weighted by Gasteiger charge is -2.27. The second-order valence-corrected chi connectivity index (χ2v) is 8.36. The van der Waals surface area contributed by atoms with Gasteiger partial charge in [0.25, 0.3) is 0 Å². The molecule has 2 N–H and O–H groups in total. The molecule has 0 bridgehead atoms. The summed E-state index contributed by atoms with van der Waals surface area (Å²) < 4.78 is 5.33. The van der Waals surface area contributed by atoms with Crippen LogP contribution in [0.5, 0.6) is 0 Å². The van der Waals surface area contributed by atoms with Crippen molar-refractivity contribution in [3.63, 3.8) is 0 Å². The molecular formula is C21H25N3O3S. The molecule has 0 atom stereocenters. The number of carbonyl (C=O) groups is 2. The highest BCUT2D eigenvalue weighted by atomic mass is 32.1. The maximum atomic E-state index is 12.5. The molecule has 1 fully saturated rings. The number of benzene rings is 1. The average molecular weight is 400 g/mol. The molecule has 0 spiro atoms. The van der Waals surface area contributed by atoms with E-state index >= 15 is 0 Å². The maximum Gasteiger partial charge on any atom is 0.322 e. The first kappa shape index (κ1) is 19.0. The van der Waals surface area contributed by atoms with Crippen LogP contribution in [-0.2, 0) is 22.5 Å². The Morgan fingerprint density at radius 1 is 1.07 bits per heavy atom. The second kappa shape index (κ2) is 8.75. The van der Waals surface area contributed by atoms with E-state index in [4.69, 9.17) is 4.74 Å². The first-order chi connectivity index (χ1) is 13.7. The predicted molar refractivity (Wildman–Crippen MR) is 111 cm³/mol. The van der Waals surface area contributed by atoms with E-state index in [1.165, 1.54) is 10.4 Å². The van der Waals surface area contributed by atoms with E-state index in [9.17, 15) is 9.59 Å². The lowest BCUT2D eigenvalue weighted by atomic mass is 9.96. The molecule has 3 heterocycles. The third-order valence-electron chi connectivity index (χ3n) is 5.33. The molecule has 6 nitrogen and oxygen atoms in total. The zero-order chi connectivity index (χ0) is 19.3. The third-order valence-corrected chi connectivity index (χ3v) is 6.35. The standard InChI is InChI=1S/C21H25N3O3S/c25-20(13-15-6-10-27-11-7-15)22-17-1-3-18(4-2-17)23-21(26)24-9-5-19-16(14-24)8-12-28-19/h1-4,8,12,15H,5-7,9-11,13-14H2,(H,22,25)(H,23,26). The van der Waals surface area contributed by atoms with Gasteiger partial charge in [0.2, 0.25) is 5.91 Å². The summed E-state index contributed by atoms with van der Waals surface area (Å²) >= 11 is 1.76. The normalized spacial score (nSPS) is 17.1. The van der Waals surface area contributed by atoms with Gasteiger partial charge >= 0.3 is 6.03 Å². The Hall–Kier alpha value is -2.38. The van der Waals surface area contributed by atoms with Crippen molar-refractivity contribution < 1.29 is 14.3 Å². The second-order valence-electron chi connectivity index (χ2n) is 7.36. The summed E-state index contributed by atoms with van der Waals surface area (Å²) in [5.41, 5.74) is 2.72. The van der Waals surface area contributed by atoms with Crippen LogP contribution in [-0.4, -0.2) is 36.6 Å². The number of fused-ring (bicyclic) bond motifs is 1. The molecule has 7 heteroatoms. The molecular weight excluding hydrogens is 374 g/mol. The fourth-order valence-corrected chi connectivity index (χ4v) is 4.58. The summed E-state index contributed by atoms with van der Waals surface area (Å²) in [7, 11) is 0. The van der Waals surface area contributed by atoms with Crippen molar-refractivity contribution in [3.8, 4) is 0 Å². The van der Waals surface area contributed by atoms with Crippen LogP contribution in [0, 0.1) is 5.92 Å². The number of hydrogen-bond donors (Lipinski definition) is 2. The van der Waals surface area contributed by atoms with Crippen molar-refractivity contribution in [1.29, 1.82) is 0 Å². The molecule has 0 radical (unpaired) electrons. The number of urea groups is 1. The molecule has 0 aliphatic carbocycles. The van der Waals surface area contributed by atoms with E-state index < -0.39 is 0 Å². The molecule has 2 aliphatic heterocycles. The van der Waals surface area contributed by atoms with Crippen LogP contribution in [0.4, 0.5) is 16.2 Å². The highest BCUT2D eigenvalue weighted by Gasteiger charge is 2.21. The van der Waals surface area contributed by atoms with E-state index in [-0.39, 0.29) is 11.9 Å². The molecule has 1 saturated heterocycles. The Morgan fingerprint density at radius 3 is 2.54 bits per heavy atom. The molecule has 2 aromatic rings. The number of amides is 3. The summed E-state index contributed by atoms with van der Waals surface area (Å²) in [5, 5.41) is 7.97. The SMILES string of the molecule is O=C(CC1CCOCC1)Nc1ccc(NC(=O)N2CCc3sccc3C2)cc1. The van der Waals surface area contributed by atoms with Crippen molar-refractivity contribution in [2.24, 2.45) is 5.92 Å². The van der Waals surface area contributed by atoms with Crippen molar-refractivity contribution in [1.82, 2.24) is 4.90 Å². The number of ether oxygens (including phenoxy) is 1. The number of nitrogens with one attached hydrogen (secondary N) is 2. The van der Waals surface area contributed by atoms with E-state index in [1.807, 2.05) is 29.2 Å². The average Bonchev–Trinajstić information content (AvgIpc) is 3.18.